The van der Waals surface area contributed by atoms with E-state index in [1.54, 1.807) is 19.1 Å². The van der Waals surface area contributed by atoms with Crippen molar-refractivity contribution in [2.75, 3.05) is 56.8 Å². The predicted molar refractivity (Wildman–Crippen MR) is 338 cm³/mol. The first kappa shape index (κ1) is 65.5. The Balaban J connectivity index is 0.000000204. The first-order valence-corrected chi connectivity index (χ1v) is 30.1. The summed E-state index contributed by atoms with van der Waals surface area (Å²) in [5, 5.41) is 6.76. The van der Waals surface area contributed by atoms with E-state index in [-0.39, 0.29) is 77.6 Å². The summed E-state index contributed by atoms with van der Waals surface area (Å²) >= 11 is 39.7. The Hall–Kier alpha value is -6.47. The van der Waals surface area contributed by atoms with Crippen LogP contribution in [0.4, 0.5) is 41.1 Å². The number of anilines is 4. The van der Waals surface area contributed by atoms with E-state index in [0.29, 0.717) is 41.2 Å². The number of esters is 3. The molecule has 0 spiro atoms. The van der Waals surface area contributed by atoms with Gasteiger partial charge in [0.15, 0.2) is 0 Å². The largest absolute Gasteiger partial charge is 0.466 e. The van der Waals surface area contributed by atoms with E-state index < -0.39 is 35.6 Å². The Bertz CT molecular complexity index is 3610. The smallest absolute Gasteiger partial charge is 0.337 e. The predicted octanol–water partition coefficient (Wildman–Crippen LogP) is 16.9. The van der Waals surface area contributed by atoms with Crippen LogP contribution in [-0.4, -0.2) is 98.9 Å². The zero-order valence-electron chi connectivity index (χ0n) is 48.5. The van der Waals surface area contributed by atoms with Crippen LogP contribution in [0.25, 0.3) is 27.8 Å². The molecule has 454 valence electrons. The third-order valence-corrected chi connectivity index (χ3v) is 17.2. The number of carbonyl (C=O) groups is 5. The highest BCUT2D eigenvalue weighted by molar-refractivity contribution is 6.42. The average Bonchev–Trinajstić information content (AvgIpc) is 1.75. The van der Waals surface area contributed by atoms with E-state index in [1.807, 2.05) is 18.2 Å². The van der Waals surface area contributed by atoms with Gasteiger partial charge < -0.3 is 29.7 Å². The van der Waals surface area contributed by atoms with Gasteiger partial charge in [-0.15, -0.1) is 0 Å². The highest BCUT2D eigenvalue weighted by Crippen LogP contribution is 2.49. The second kappa shape index (κ2) is 28.6. The summed E-state index contributed by atoms with van der Waals surface area (Å²) in [4.78, 5) is 68.6. The molecule has 6 aromatic rings. The normalized spacial score (nSPS) is 15.3. The molecule has 4 amide bonds. The van der Waals surface area contributed by atoms with E-state index in [1.165, 1.54) is 79.5 Å². The maximum atomic E-state index is 14.0. The van der Waals surface area contributed by atoms with Crippen LogP contribution in [0.1, 0.15) is 110 Å². The maximum absolute atomic E-state index is 14.0. The molecule has 0 aromatic heterocycles. The molecule has 2 N–H and O–H groups in total. The van der Waals surface area contributed by atoms with Crippen LogP contribution in [0.3, 0.4) is 0 Å². The number of nitrogens with one attached hydrogen (secondary N) is 2. The molecular formula is C64H64Cl6F2N6O8. The van der Waals surface area contributed by atoms with Gasteiger partial charge in [0, 0.05) is 67.4 Å². The van der Waals surface area contributed by atoms with Gasteiger partial charge >= 0.3 is 30.0 Å². The molecule has 0 atom stereocenters. The van der Waals surface area contributed by atoms with Crippen molar-refractivity contribution in [2.24, 2.45) is 0 Å². The van der Waals surface area contributed by atoms with Gasteiger partial charge in [0.1, 0.15) is 11.6 Å². The lowest BCUT2D eigenvalue weighted by atomic mass is 9.84. The van der Waals surface area contributed by atoms with Gasteiger partial charge in [-0.1, -0.05) is 81.7 Å². The second-order valence-electron chi connectivity index (χ2n) is 21.3. The molecule has 22 heteroatoms. The van der Waals surface area contributed by atoms with Gasteiger partial charge in [-0.2, -0.15) is 0 Å². The number of hydrogen-bond acceptors (Lipinski definition) is 10. The zero-order valence-corrected chi connectivity index (χ0v) is 53.1. The lowest BCUT2D eigenvalue weighted by Gasteiger charge is -2.37. The molecule has 1 fully saturated rings. The van der Waals surface area contributed by atoms with E-state index in [2.05, 4.69) is 65.0 Å². The van der Waals surface area contributed by atoms with Crippen LogP contribution in [0, 0.1) is 11.6 Å². The monoisotopic (exact) mass is 1290 g/mol. The first-order valence-electron chi connectivity index (χ1n) is 27.8. The summed E-state index contributed by atoms with van der Waals surface area (Å²) in [6, 6.07) is 22.4. The van der Waals surface area contributed by atoms with Crippen molar-refractivity contribution in [2.45, 2.75) is 91.9 Å². The van der Waals surface area contributed by atoms with Gasteiger partial charge in [0.25, 0.3) is 0 Å². The zero-order chi connectivity index (χ0) is 62.4. The van der Waals surface area contributed by atoms with Gasteiger partial charge in [-0.25, -0.2) is 28.0 Å². The number of methoxy groups -OCH3 is 2. The number of halogens is 8. The summed E-state index contributed by atoms with van der Waals surface area (Å²) in [7, 11) is 2.53. The minimum absolute atomic E-state index is 0.104. The van der Waals surface area contributed by atoms with E-state index in [0.717, 1.165) is 84.4 Å². The summed E-state index contributed by atoms with van der Waals surface area (Å²) in [5.74, 6) is -2.04. The summed E-state index contributed by atoms with van der Waals surface area (Å²) in [5.41, 5.74) is 9.49. The fraction of sp³-hybridized carbons (Fsp3) is 0.328. The summed E-state index contributed by atoms with van der Waals surface area (Å²) in [6.45, 7) is 16.4. The number of ether oxygens (including phenoxy) is 3. The van der Waals surface area contributed by atoms with E-state index >= 15 is 0 Å². The standard InChI is InChI=1S/C30H29Cl3FN3O3.C30H27Cl3FN3O3.C4H8O2/c2*1-16(2)36-8-6-17(7-9-36)18-10-22(21-5-4-20(34)14-24(21)31)23-15-35-30(39)37(27(23)13-18)28-25(32)11-19(12-26(28)33)29(38)40-3;1-3-6-4(2)5/h4-5,10-14,16-17H,6-9,15H2,1-3H3,(H,35,39);4-6,10-14,16H,7-9,15H2,1-3H3,(H,35,39);3H2,1-2H3. The van der Waals surface area contributed by atoms with Gasteiger partial charge in [0.05, 0.1) is 84.8 Å². The second-order valence-corrected chi connectivity index (χ2v) is 23.7. The van der Waals surface area contributed by atoms with Crippen LogP contribution >= 0.6 is 69.6 Å². The van der Waals surface area contributed by atoms with Crippen LogP contribution < -0.4 is 20.4 Å². The minimum atomic E-state index is -0.603. The van der Waals surface area contributed by atoms with Crippen LogP contribution in [0.2, 0.25) is 30.1 Å². The van der Waals surface area contributed by atoms with Crippen LogP contribution in [0.5, 0.6) is 0 Å². The Labute approximate surface area is 529 Å². The van der Waals surface area contributed by atoms with Crippen molar-refractivity contribution in [3.8, 4) is 22.3 Å². The maximum Gasteiger partial charge on any atom is 0.337 e. The molecule has 4 aliphatic rings. The van der Waals surface area contributed by atoms with Crippen LogP contribution in [0.15, 0.2) is 91.0 Å². The Morgan fingerprint density at radius 2 is 1.05 bits per heavy atom. The minimum Gasteiger partial charge on any atom is -0.466 e. The quantitative estimate of drug-likeness (QED) is 0.0948. The van der Waals surface area contributed by atoms with Crippen molar-refractivity contribution < 1.29 is 47.0 Å². The molecule has 10 rings (SSSR count). The third-order valence-electron chi connectivity index (χ3n) is 15.4. The van der Waals surface area contributed by atoms with Crippen LogP contribution in [-0.2, 0) is 32.1 Å². The molecule has 0 unspecified atom stereocenters. The summed E-state index contributed by atoms with van der Waals surface area (Å²) in [6.07, 6.45) is 4.92. The molecule has 0 aliphatic carbocycles. The molecule has 0 bridgehead atoms. The number of hydrogen-bond donors (Lipinski definition) is 2. The molecule has 0 radical (unpaired) electrons. The van der Waals surface area contributed by atoms with Crippen molar-refractivity contribution in [1.82, 2.24) is 20.4 Å². The van der Waals surface area contributed by atoms with Gasteiger partial charge in [-0.05, 0) is 180 Å². The third kappa shape index (κ3) is 14.6. The topological polar surface area (TPSA) is 150 Å². The highest BCUT2D eigenvalue weighted by atomic mass is 35.5. The van der Waals surface area contributed by atoms with E-state index in [4.69, 9.17) is 79.1 Å². The van der Waals surface area contributed by atoms with Gasteiger partial charge in [0.2, 0.25) is 0 Å². The molecule has 4 aliphatic heterocycles. The lowest BCUT2D eigenvalue weighted by molar-refractivity contribution is -0.140. The van der Waals surface area contributed by atoms with Gasteiger partial charge in [-0.3, -0.25) is 19.5 Å². The number of piperidine rings is 1. The number of amides is 4. The number of benzene rings is 6. The Kier molecular flexibility index (Phi) is 21.8. The molecule has 86 heavy (non-hydrogen) atoms. The van der Waals surface area contributed by atoms with Crippen molar-refractivity contribution >= 4 is 128 Å². The molecule has 4 heterocycles. The fourth-order valence-electron chi connectivity index (χ4n) is 11.0. The van der Waals surface area contributed by atoms with Crippen molar-refractivity contribution in [3.63, 3.8) is 0 Å². The first-order chi connectivity index (χ1) is 40.9. The van der Waals surface area contributed by atoms with E-state index in [9.17, 15) is 32.8 Å². The SMILES string of the molecule is CCOC(C)=O.COC(=O)c1cc(Cl)c(N2C(=O)NCc3c(-c4ccc(F)cc4Cl)cc(C4=CCN(C(C)C)CC4)cc32)c(Cl)c1.COC(=O)c1cc(Cl)c(N2C(=O)NCc3c(-c4ccc(F)cc4Cl)cc(C4CCN(C(C)C)CC4)cc32)c(Cl)c1. The molecule has 14 nitrogen and oxygen atoms in total. The Morgan fingerprint density at radius 3 is 1.43 bits per heavy atom. The molecule has 1 saturated heterocycles. The lowest BCUT2D eigenvalue weighted by Crippen LogP contribution is -2.42. The number of fused-ring (bicyclic) bond motifs is 2. The summed E-state index contributed by atoms with van der Waals surface area (Å²) < 4.78 is 42.0. The molecule has 6 aromatic carbocycles. The molecular weight excluding hydrogens is 1230 g/mol. The Morgan fingerprint density at radius 1 is 0.593 bits per heavy atom. The molecule has 0 saturated carbocycles. The number of likely N-dealkylation sites (tertiary alicyclic amines) is 1. The fourth-order valence-corrected chi connectivity index (χ4v) is 12.8. The average molecular weight is 1300 g/mol. The number of nitrogens with zero attached hydrogens (tertiary/aromatic N) is 4. The van der Waals surface area contributed by atoms with Crippen molar-refractivity contribution in [3.05, 3.63) is 166 Å². The number of carbonyl (C=O) groups excluding carboxylic acids is 5. The van der Waals surface area contributed by atoms with Crippen molar-refractivity contribution in [1.29, 1.82) is 0 Å². The number of urea groups is 2. The highest BCUT2D eigenvalue weighted by Gasteiger charge is 2.36. The number of rotatable bonds is 11.